The van der Waals surface area contributed by atoms with Crippen LogP contribution in [0.2, 0.25) is 0 Å². The maximum absolute atomic E-state index is 12.4. The minimum absolute atomic E-state index is 0.0481. The first kappa shape index (κ1) is 20.8. The van der Waals surface area contributed by atoms with Crippen molar-refractivity contribution in [1.82, 2.24) is 10.3 Å². The van der Waals surface area contributed by atoms with E-state index in [0.717, 1.165) is 17.3 Å². The minimum atomic E-state index is -0.591. The zero-order valence-electron chi connectivity index (χ0n) is 18.1. The molecular formula is C26H23N3O4. The number of primary amides is 1. The van der Waals surface area contributed by atoms with Crippen LogP contribution in [0.15, 0.2) is 60.8 Å². The van der Waals surface area contributed by atoms with Gasteiger partial charge in [0.2, 0.25) is 0 Å². The first-order valence-corrected chi connectivity index (χ1v) is 10.8. The van der Waals surface area contributed by atoms with E-state index in [1.807, 2.05) is 36.4 Å². The van der Waals surface area contributed by atoms with Gasteiger partial charge in [0.1, 0.15) is 17.2 Å². The van der Waals surface area contributed by atoms with Gasteiger partial charge in [0.25, 0.3) is 11.8 Å². The van der Waals surface area contributed by atoms with E-state index in [1.165, 1.54) is 20.0 Å². The molecule has 0 unspecified atom stereocenters. The number of carbonyl (C=O) groups excluding carboxylic acids is 2. The highest BCUT2D eigenvalue weighted by Crippen LogP contribution is 2.34. The third-order valence-corrected chi connectivity index (χ3v) is 5.84. The summed E-state index contributed by atoms with van der Waals surface area (Å²) in [6, 6.07) is 16.3. The number of ether oxygens (including phenoxy) is 2. The summed E-state index contributed by atoms with van der Waals surface area (Å²) in [6.45, 7) is 0.743. The molecule has 166 valence electrons. The number of fused-ring (bicyclic) bond motifs is 2. The summed E-state index contributed by atoms with van der Waals surface area (Å²) >= 11 is 0. The maximum Gasteiger partial charge on any atom is 0.252 e. The van der Waals surface area contributed by atoms with Gasteiger partial charge in [-0.3, -0.25) is 14.6 Å². The molecule has 1 saturated carbocycles. The van der Waals surface area contributed by atoms with Crippen LogP contribution in [0.5, 0.6) is 17.2 Å². The third kappa shape index (κ3) is 4.30. The average Bonchev–Trinajstić information content (AvgIpc) is 3.66. The fourth-order valence-electron chi connectivity index (χ4n) is 3.82. The van der Waals surface area contributed by atoms with E-state index in [-0.39, 0.29) is 11.5 Å². The van der Waals surface area contributed by atoms with Gasteiger partial charge in [-0.1, -0.05) is 12.1 Å². The molecule has 0 bridgehead atoms. The molecule has 1 heterocycles. The first-order valence-electron chi connectivity index (χ1n) is 10.8. The van der Waals surface area contributed by atoms with Gasteiger partial charge in [-0.2, -0.15) is 0 Å². The van der Waals surface area contributed by atoms with E-state index in [0.29, 0.717) is 39.6 Å². The van der Waals surface area contributed by atoms with Crippen molar-refractivity contribution >= 4 is 33.5 Å². The lowest BCUT2D eigenvalue weighted by Crippen LogP contribution is -2.25. The van der Waals surface area contributed by atoms with Gasteiger partial charge in [0, 0.05) is 29.8 Å². The Balaban J connectivity index is 1.43. The Morgan fingerprint density at radius 1 is 1.03 bits per heavy atom. The molecule has 7 nitrogen and oxygen atoms in total. The molecule has 7 heteroatoms. The highest BCUT2D eigenvalue weighted by molar-refractivity contribution is 6.01. The molecule has 1 aliphatic carbocycles. The number of benzene rings is 3. The number of rotatable bonds is 7. The van der Waals surface area contributed by atoms with Crippen LogP contribution in [0.25, 0.3) is 21.7 Å². The second-order valence-corrected chi connectivity index (χ2v) is 8.22. The molecule has 1 fully saturated rings. The number of nitrogens with two attached hydrogens (primary N) is 1. The number of amides is 2. The Bertz CT molecular complexity index is 1400. The molecule has 0 radical (unpaired) electrons. The molecule has 1 aromatic heterocycles. The first-order chi connectivity index (χ1) is 16.0. The SMILES string of the molecule is COc1cc2nccc(Oc3ccc4cc(C(=O)NCC5CC5)ccc4c3)c2cc1C(N)=O. The van der Waals surface area contributed by atoms with E-state index in [2.05, 4.69) is 10.3 Å². The van der Waals surface area contributed by atoms with Gasteiger partial charge >= 0.3 is 0 Å². The average molecular weight is 441 g/mol. The molecule has 33 heavy (non-hydrogen) atoms. The van der Waals surface area contributed by atoms with Crippen molar-refractivity contribution in [3.05, 3.63) is 71.9 Å². The fraction of sp³-hybridized carbons (Fsp3) is 0.192. The Labute approximate surface area is 190 Å². The fourth-order valence-corrected chi connectivity index (χ4v) is 3.82. The van der Waals surface area contributed by atoms with E-state index in [1.54, 1.807) is 24.4 Å². The van der Waals surface area contributed by atoms with Gasteiger partial charge in [0.05, 0.1) is 18.2 Å². The van der Waals surface area contributed by atoms with E-state index in [9.17, 15) is 9.59 Å². The number of hydrogen-bond acceptors (Lipinski definition) is 5. The monoisotopic (exact) mass is 441 g/mol. The highest BCUT2D eigenvalue weighted by atomic mass is 16.5. The molecule has 0 spiro atoms. The van der Waals surface area contributed by atoms with Crippen molar-refractivity contribution in [1.29, 1.82) is 0 Å². The summed E-state index contributed by atoms with van der Waals surface area (Å²) in [5.41, 5.74) is 7.03. The summed E-state index contributed by atoms with van der Waals surface area (Å²) in [5.74, 6) is 1.53. The second kappa shape index (κ2) is 8.43. The van der Waals surface area contributed by atoms with Crippen molar-refractivity contribution in [3.8, 4) is 17.2 Å². The number of methoxy groups -OCH3 is 1. The number of carbonyl (C=O) groups is 2. The summed E-state index contributed by atoms with van der Waals surface area (Å²) in [4.78, 5) is 28.6. The van der Waals surface area contributed by atoms with Crippen LogP contribution < -0.4 is 20.5 Å². The summed E-state index contributed by atoms with van der Waals surface area (Å²) < 4.78 is 11.4. The molecular weight excluding hydrogens is 418 g/mol. The molecule has 2 amide bonds. The quantitative estimate of drug-likeness (QED) is 0.442. The van der Waals surface area contributed by atoms with Crippen molar-refractivity contribution in [2.45, 2.75) is 12.8 Å². The van der Waals surface area contributed by atoms with E-state index >= 15 is 0 Å². The Morgan fingerprint density at radius 3 is 2.58 bits per heavy atom. The van der Waals surface area contributed by atoms with Crippen molar-refractivity contribution < 1.29 is 19.1 Å². The largest absolute Gasteiger partial charge is 0.496 e. The summed E-state index contributed by atoms with van der Waals surface area (Å²) in [7, 11) is 1.48. The Morgan fingerprint density at radius 2 is 1.82 bits per heavy atom. The maximum atomic E-state index is 12.4. The predicted molar refractivity (Wildman–Crippen MR) is 126 cm³/mol. The third-order valence-electron chi connectivity index (χ3n) is 5.84. The second-order valence-electron chi connectivity index (χ2n) is 8.22. The van der Waals surface area contributed by atoms with Crippen LogP contribution in [0, 0.1) is 5.92 Å². The molecule has 0 aliphatic heterocycles. The number of pyridine rings is 1. The van der Waals surface area contributed by atoms with Crippen LogP contribution in [0.1, 0.15) is 33.6 Å². The zero-order valence-corrected chi connectivity index (χ0v) is 18.1. The van der Waals surface area contributed by atoms with Gasteiger partial charge in [0.15, 0.2) is 0 Å². The van der Waals surface area contributed by atoms with Crippen molar-refractivity contribution in [2.24, 2.45) is 11.7 Å². The van der Waals surface area contributed by atoms with Crippen molar-refractivity contribution in [3.63, 3.8) is 0 Å². The van der Waals surface area contributed by atoms with Crippen molar-refractivity contribution in [2.75, 3.05) is 13.7 Å². The summed E-state index contributed by atoms with van der Waals surface area (Å²) in [6.07, 6.45) is 4.03. The number of nitrogens with one attached hydrogen (secondary N) is 1. The highest BCUT2D eigenvalue weighted by Gasteiger charge is 2.22. The van der Waals surface area contributed by atoms with Crippen LogP contribution >= 0.6 is 0 Å². The number of aromatic nitrogens is 1. The zero-order chi connectivity index (χ0) is 22.9. The van der Waals surface area contributed by atoms with E-state index in [4.69, 9.17) is 15.2 Å². The molecule has 0 atom stereocenters. The number of hydrogen-bond donors (Lipinski definition) is 2. The van der Waals surface area contributed by atoms with Gasteiger partial charge < -0.3 is 20.5 Å². The molecule has 3 N–H and O–H groups in total. The Hall–Kier alpha value is -4.13. The lowest BCUT2D eigenvalue weighted by Gasteiger charge is -2.12. The Kier molecular flexibility index (Phi) is 5.30. The smallest absolute Gasteiger partial charge is 0.252 e. The standard InChI is InChI=1S/C26H23N3O4/c1-32-24-13-22-20(12-21(24)25(27)30)23(8-9-28-22)33-19-7-6-16-10-18(5-4-17(16)11-19)26(31)29-14-15-2-3-15/h4-13,15H,2-3,14H2,1H3,(H2,27,30)(H,29,31). The van der Waals surface area contributed by atoms with Crippen LogP contribution in [0.3, 0.4) is 0 Å². The van der Waals surface area contributed by atoms with Gasteiger partial charge in [-0.15, -0.1) is 0 Å². The molecule has 4 aromatic rings. The molecule has 0 saturated heterocycles. The van der Waals surface area contributed by atoms with Gasteiger partial charge in [-0.25, -0.2) is 0 Å². The van der Waals surface area contributed by atoms with Crippen LogP contribution in [-0.2, 0) is 0 Å². The molecule has 1 aliphatic rings. The summed E-state index contributed by atoms with van der Waals surface area (Å²) in [5, 5.41) is 5.54. The van der Waals surface area contributed by atoms with Gasteiger partial charge in [-0.05, 0) is 65.9 Å². The lowest BCUT2D eigenvalue weighted by molar-refractivity contribution is 0.0950. The molecule has 3 aromatic carbocycles. The topological polar surface area (TPSA) is 104 Å². The van der Waals surface area contributed by atoms with Crippen LogP contribution in [0.4, 0.5) is 0 Å². The van der Waals surface area contributed by atoms with E-state index < -0.39 is 5.91 Å². The minimum Gasteiger partial charge on any atom is -0.496 e. The van der Waals surface area contributed by atoms with Crippen LogP contribution in [-0.4, -0.2) is 30.5 Å². The lowest BCUT2D eigenvalue weighted by atomic mass is 10.1. The molecule has 5 rings (SSSR count). The normalized spacial score (nSPS) is 13.1. The number of nitrogens with zero attached hydrogens (tertiary/aromatic N) is 1. The predicted octanol–water partition coefficient (Wildman–Crippen LogP) is 4.43.